The van der Waals surface area contributed by atoms with E-state index in [0.29, 0.717) is 12.1 Å². The van der Waals surface area contributed by atoms with Gasteiger partial charge in [0.2, 0.25) is 29.1 Å². The molecule has 11 heteroatoms. The van der Waals surface area contributed by atoms with E-state index in [-0.39, 0.29) is 5.69 Å². The molecule has 0 saturated heterocycles. The summed E-state index contributed by atoms with van der Waals surface area (Å²) in [5, 5.41) is 15.2. The fourth-order valence-electron chi connectivity index (χ4n) is 2.49. The van der Waals surface area contributed by atoms with Crippen LogP contribution in [-0.2, 0) is 11.3 Å². The van der Waals surface area contributed by atoms with Crippen LogP contribution < -0.4 is 10.1 Å². The van der Waals surface area contributed by atoms with Crippen molar-refractivity contribution in [3.63, 3.8) is 0 Å². The number of nitrogens with one attached hydrogen (secondary N) is 1. The number of aromatic nitrogens is 2. The number of anilines is 1. The van der Waals surface area contributed by atoms with Gasteiger partial charge in [-0.05, 0) is 17.7 Å². The monoisotopic (exact) mass is 422 g/mol. The fraction of sp³-hybridized carbons (Fsp3) is 0.105. The van der Waals surface area contributed by atoms with Gasteiger partial charge in [0.15, 0.2) is 12.4 Å². The van der Waals surface area contributed by atoms with Gasteiger partial charge in [-0.25, -0.2) is 13.2 Å². The molecule has 1 amide bonds. The van der Waals surface area contributed by atoms with Crippen molar-refractivity contribution in [2.45, 2.75) is 6.54 Å². The van der Waals surface area contributed by atoms with Crippen molar-refractivity contribution >= 4 is 11.6 Å². The Labute approximate surface area is 166 Å². The number of ether oxygens (including phenoxy) is 1. The molecule has 3 rings (SSSR count). The smallest absolute Gasteiger partial charge is 0.262 e. The molecule has 0 fully saturated rings. The Morgan fingerprint density at radius 1 is 1.10 bits per heavy atom. The Morgan fingerprint density at radius 3 is 2.43 bits per heavy atom. The molecule has 0 aliphatic rings. The van der Waals surface area contributed by atoms with Gasteiger partial charge in [0.25, 0.3) is 5.91 Å². The molecule has 1 heterocycles. The number of amides is 1. The molecule has 3 aromatic rings. The molecule has 0 bridgehead atoms. The highest BCUT2D eigenvalue weighted by Crippen LogP contribution is 2.29. The number of carbonyl (C=O) groups is 1. The molecular weight excluding hydrogens is 411 g/mol. The largest absolute Gasteiger partial charge is 0.477 e. The zero-order valence-corrected chi connectivity index (χ0v) is 14.9. The summed E-state index contributed by atoms with van der Waals surface area (Å²) in [5.41, 5.74) is 1.46. The number of hydrogen-bond acceptors (Lipinski definition) is 4. The highest BCUT2D eigenvalue weighted by Gasteiger charge is 2.27. The van der Waals surface area contributed by atoms with E-state index in [1.54, 1.807) is 24.3 Å². The van der Waals surface area contributed by atoms with Gasteiger partial charge in [0, 0.05) is 6.20 Å². The molecule has 2 aromatic carbocycles. The maximum atomic E-state index is 13.5. The zero-order chi connectivity index (χ0) is 21.8. The Morgan fingerprint density at radius 2 is 1.77 bits per heavy atom. The van der Waals surface area contributed by atoms with Crippen LogP contribution in [0.5, 0.6) is 5.75 Å². The van der Waals surface area contributed by atoms with Gasteiger partial charge in [0.05, 0.1) is 30.1 Å². The summed E-state index contributed by atoms with van der Waals surface area (Å²) in [6.45, 7) is -0.708. The minimum atomic E-state index is -2.32. The Balaban J connectivity index is 1.62. The van der Waals surface area contributed by atoms with Gasteiger partial charge in [-0.3, -0.25) is 9.48 Å². The van der Waals surface area contributed by atoms with E-state index in [0.717, 1.165) is 5.56 Å². The van der Waals surface area contributed by atoms with Crippen molar-refractivity contribution in [1.29, 1.82) is 5.26 Å². The van der Waals surface area contributed by atoms with Crippen molar-refractivity contribution in [2.75, 3.05) is 11.9 Å². The number of rotatable bonds is 6. The summed E-state index contributed by atoms with van der Waals surface area (Å²) >= 11 is 0. The van der Waals surface area contributed by atoms with Crippen LogP contribution >= 0.6 is 0 Å². The van der Waals surface area contributed by atoms with Gasteiger partial charge in [0.1, 0.15) is 0 Å². The van der Waals surface area contributed by atoms with E-state index in [1.807, 2.05) is 6.07 Å². The number of carbonyl (C=O) groups excluding carboxylic acids is 1. The zero-order valence-electron chi connectivity index (χ0n) is 14.9. The Hall–Kier alpha value is -3.94. The molecule has 154 valence electrons. The molecule has 0 spiro atoms. The van der Waals surface area contributed by atoms with E-state index < -0.39 is 47.3 Å². The third kappa shape index (κ3) is 4.38. The van der Waals surface area contributed by atoms with Crippen LogP contribution in [0.3, 0.4) is 0 Å². The number of nitrogens with zero attached hydrogens (tertiary/aromatic N) is 3. The lowest BCUT2D eigenvalue weighted by atomic mass is 10.1. The predicted octanol–water partition coefficient (Wildman–Crippen LogP) is 3.52. The van der Waals surface area contributed by atoms with Crippen molar-refractivity contribution in [3.05, 3.63) is 76.9 Å². The second kappa shape index (κ2) is 8.60. The van der Waals surface area contributed by atoms with E-state index in [4.69, 9.17) is 5.26 Å². The minimum absolute atomic E-state index is 0.206. The number of nitriles is 1. The molecule has 0 unspecified atom stereocenters. The average molecular weight is 422 g/mol. The lowest BCUT2D eigenvalue weighted by Gasteiger charge is -2.10. The summed E-state index contributed by atoms with van der Waals surface area (Å²) in [6, 6.07) is 8.80. The second-order valence-corrected chi connectivity index (χ2v) is 5.97. The van der Waals surface area contributed by atoms with Crippen LogP contribution in [-0.4, -0.2) is 22.3 Å². The van der Waals surface area contributed by atoms with Gasteiger partial charge in [-0.15, -0.1) is 0 Å². The van der Waals surface area contributed by atoms with Crippen LogP contribution in [0, 0.1) is 40.4 Å². The maximum Gasteiger partial charge on any atom is 0.262 e. The lowest BCUT2D eigenvalue weighted by Crippen LogP contribution is -2.21. The lowest BCUT2D eigenvalue weighted by molar-refractivity contribution is -0.118. The average Bonchev–Trinajstić information content (AvgIpc) is 3.17. The van der Waals surface area contributed by atoms with Crippen molar-refractivity contribution in [3.8, 4) is 11.8 Å². The topological polar surface area (TPSA) is 79.9 Å². The summed E-state index contributed by atoms with van der Waals surface area (Å²) in [4.78, 5) is 11.9. The van der Waals surface area contributed by atoms with Crippen LogP contribution in [0.1, 0.15) is 11.1 Å². The van der Waals surface area contributed by atoms with E-state index in [1.165, 1.54) is 17.1 Å². The standard InChI is InChI=1S/C19H11F5N4O2/c20-14-15(21)17(23)19(18(24)16(14)22)30-9-13(29)27-12-6-26-28(8-12)7-11-3-1-2-10(4-11)5-25/h1-4,6,8H,7,9H2,(H,27,29). The van der Waals surface area contributed by atoms with Crippen molar-refractivity contribution in [2.24, 2.45) is 0 Å². The van der Waals surface area contributed by atoms with Crippen LogP contribution in [0.15, 0.2) is 36.7 Å². The Bertz CT molecular complexity index is 1130. The minimum Gasteiger partial charge on any atom is -0.477 e. The normalized spacial score (nSPS) is 10.5. The van der Waals surface area contributed by atoms with Gasteiger partial charge in [-0.2, -0.15) is 19.1 Å². The molecule has 0 radical (unpaired) electrons. The second-order valence-electron chi connectivity index (χ2n) is 5.97. The fourth-order valence-corrected chi connectivity index (χ4v) is 2.49. The van der Waals surface area contributed by atoms with Crippen molar-refractivity contribution in [1.82, 2.24) is 9.78 Å². The quantitative estimate of drug-likeness (QED) is 0.375. The number of halogens is 5. The van der Waals surface area contributed by atoms with E-state index in [2.05, 4.69) is 15.2 Å². The molecular formula is C19H11F5N4O2. The van der Waals surface area contributed by atoms with Gasteiger partial charge in [-0.1, -0.05) is 12.1 Å². The number of benzene rings is 2. The van der Waals surface area contributed by atoms with Crippen LogP contribution in [0.2, 0.25) is 0 Å². The first-order chi connectivity index (χ1) is 14.3. The molecule has 30 heavy (non-hydrogen) atoms. The van der Waals surface area contributed by atoms with E-state index >= 15 is 0 Å². The SMILES string of the molecule is N#Cc1cccc(Cn2cc(NC(=O)COc3c(F)c(F)c(F)c(F)c3F)cn2)c1. The summed E-state index contributed by atoms with van der Waals surface area (Å²) < 4.78 is 72.3. The summed E-state index contributed by atoms with van der Waals surface area (Å²) in [6.07, 6.45) is 2.72. The molecule has 0 saturated carbocycles. The van der Waals surface area contributed by atoms with Gasteiger partial charge < -0.3 is 10.1 Å². The van der Waals surface area contributed by atoms with Gasteiger partial charge >= 0.3 is 0 Å². The molecule has 0 atom stereocenters. The highest BCUT2D eigenvalue weighted by atomic mass is 19.2. The first-order valence-electron chi connectivity index (χ1n) is 8.25. The first kappa shape index (κ1) is 20.8. The first-order valence-corrected chi connectivity index (χ1v) is 8.25. The molecule has 0 aliphatic carbocycles. The van der Waals surface area contributed by atoms with Crippen molar-refractivity contribution < 1.29 is 31.5 Å². The van der Waals surface area contributed by atoms with Crippen LogP contribution in [0.25, 0.3) is 0 Å². The predicted molar refractivity (Wildman–Crippen MR) is 92.8 cm³/mol. The Kier molecular flexibility index (Phi) is 5.96. The molecule has 6 nitrogen and oxygen atoms in total. The molecule has 0 aliphatic heterocycles. The van der Waals surface area contributed by atoms with E-state index in [9.17, 15) is 26.7 Å². The molecule has 1 aromatic heterocycles. The summed E-state index contributed by atoms with van der Waals surface area (Å²) in [7, 11) is 0. The summed E-state index contributed by atoms with van der Waals surface area (Å²) in [5.74, 6) is -13.5. The third-order valence-corrected chi connectivity index (χ3v) is 3.83. The van der Waals surface area contributed by atoms with Crippen LogP contribution in [0.4, 0.5) is 27.6 Å². The third-order valence-electron chi connectivity index (χ3n) is 3.83. The highest BCUT2D eigenvalue weighted by molar-refractivity contribution is 5.91. The maximum absolute atomic E-state index is 13.5. The molecule has 1 N–H and O–H groups in total. The number of hydrogen-bond donors (Lipinski definition) is 1.